The predicted octanol–water partition coefficient (Wildman–Crippen LogP) is 0.981. The Morgan fingerprint density at radius 2 is 2.00 bits per heavy atom. The first kappa shape index (κ1) is 15.5. The van der Waals surface area contributed by atoms with Crippen molar-refractivity contribution in [2.75, 3.05) is 0 Å². The van der Waals surface area contributed by atoms with Gasteiger partial charge >= 0.3 is 6.18 Å². The molecule has 0 unspecified atom stereocenters. The van der Waals surface area contributed by atoms with E-state index in [-0.39, 0.29) is 12.5 Å². The van der Waals surface area contributed by atoms with Gasteiger partial charge in [-0.05, 0) is 13.8 Å². The fourth-order valence-corrected chi connectivity index (χ4v) is 1.83. The van der Waals surface area contributed by atoms with Crippen LogP contribution < -0.4 is 5.32 Å². The highest BCUT2D eigenvalue weighted by molar-refractivity contribution is 6.07. The third kappa shape index (κ3) is 4.22. The summed E-state index contributed by atoms with van der Waals surface area (Å²) in [5.74, 6) is -1.88. The zero-order chi connectivity index (χ0) is 14.8. The van der Waals surface area contributed by atoms with Crippen LogP contribution in [0.3, 0.4) is 0 Å². The monoisotopic (exact) mass is 280 g/mol. The zero-order valence-corrected chi connectivity index (χ0v) is 10.6. The highest BCUT2D eigenvalue weighted by Crippen LogP contribution is 2.21. The molecule has 0 saturated carbocycles. The molecule has 1 aliphatic rings. The van der Waals surface area contributed by atoms with E-state index < -0.39 is 42.8 Å². The molecule has 0 aromatic carbocycles. The summed E-state index contributed by atoms with van der Waals surface area (Å²) in [7, 11) is 0. The van der Waals surface area contributed by atoms with Crippen LogP contribution in [-0.2, 0) is 14.4 Å². The first-order valence-electron chi connectivity index (χ1n) is 5.84. The second kappa shape index (κ2) is 5.58. The first-order valence-corrected chi connectivity index (χ1v) is 5.84. The van der Waals surface area contributed by atoms with Crippen LogP contribution in [0.15, 0.2) is 0 Å². The van der Waals surface area contributed by atoms with Gasteiger partial charge < -0.3 is 5.32 Å². The zero-order valence-electron chi connectivity index (χ0n) is 10.6. The smallest absolute Gasteiger partial charge is 0.344 e. The maximum absolute atomic E-state index is 11.9. The van der Waals surface area contributed by atoms with Gasteiger partial charge in [0.05, 0.1) is 12.8 Å². The molecule has 0 spiro atoms. The maximum Gasteiger partial charge on any atom is 0.389 e. The van der Waals surface area contributed by atoms with Crippen LogP contribution in [0.4, 0.5) is 13.2 Å². The number of hydrogen-bond donors (Lipinski definition) is 1. The molecule has 1 rings (SSSR count). The van der Waals surface area contributed by atoms with Crippen LogP contribution in [0.25, 0.3) is 0 Å². The number of imide groups is 1. The fraction of sp³-hybridized carbons (Fsp3) is 0.727. The highest BCUT2D eigenvalue weighted by atomic mass is 19.4. The van der Waals surface area contributed by atoms with Gasteiger partial charge in [-0.25, -0.2) is 0 Å². The van der Waals surface area contributed by atoms with Crippen molar-refractivity contribution < 1.29 is 27.6 Å². The van der Waals surface area contributed by atoms with E-state index in [1.807, 2.05) is 0 Å². The van der Waals surface area contributed by atoms with Gasteiger partial charge in [0.25, 0.3) is 5.91 Å². The lowest BCUT2D eigenvalue weighted by Crippen LogP contribution is -2.43. The second-order valence-electron chi connectivity index (χ2n) is 4.64. The largest absolute Gasteiger partial charge is 0.389 e. The number of carbonyl (C=O) groups is 3. The number of halogens is 3. The van der Waals surface area contributed by atoms with Crippen molar-refractivity contribution in [1.29, 1.82) is 0 Å². The lowest BCUT2D eigenvalue weighted by molar-refractivity contribution is -0.145. The Kier molecular flexibility index (Phi) is 4.54. The van der Waals surface area contributed by atoms with E-state index in [0.717, 1.165) is 4.90 Å². The van der Waals surface area contributed by atoms with Crippen molar-refractivity contribution in [3.8, 4) is 0 Å². The molecule has 0 radical (unpaired) electrons. The van der Waals surface area contributed by atoms with Crippen molar-refractivity contribution in [2.24, 2.45) is 0 Å². The Morgan fingerprint density at radius 3 is 2.42 bits per heavy atom. The number of hydrogen-bond acceptors (Lipinski definition) is 3. The minimum Gasteiger partial charge on any atom is -0.344 e. The van der Waals surface area contributed by atoms with Crippen LogP contribution in [-0.4, -0.2) is 40.9 Å². The van der Waals surface area contributed by atoms with Crippen molar-refractivity contribution in [1.82, 2.24) is 10.2 Å². The summed E-state index contributed by atoms with van der Waals surface area (Å²) in [5.41, 5.74) is 0. The second-order valence-corrected chi connectivity index (χ2v) is 4.64. The SMILES string of the molecule is CC(C)N1C(=O)C[C@H](NC(=O)CCC(F)(F)F)C1=O. The number of likely N-dealkylation sites (tertiary alicyclic amines) is 1. The minimum atomic E-state index is -4.42. The quantitative estimate of drug-likeness (QED) is 0.781. The summed E-state index contributed by atoms with van der Waals surface area (Å²) < 4.78 is 35.8. The molecule has 8 heteroatoms. The molecule has 3 amide bonds. The van der Waals surface area contributed by atoms with Gasteiger partial charge in [-0.2, -0.15) is 13.2 Å². The Labute approximate surface area is 108 Å². The molecule has 1 aliphatic heterocycles. The van der Waals surface area contributed by atoms with Gasteiger partial charge in [-0.3, -0.25) is 19.3 Å². The van der Waals surface area contributed by atoms with Crippen LogP contribution >= 0.6 is 0 Å². The number of rotatable bonds is 4. The molecule has 1 saturated heterocycles. The third-order valence-electron chi connectivity index (χ3n) is 2.67. The molecule has 0 bridgehead atoms. The van der Waals surface area contributed by atoms with Crippen LogP contribution in [0, 0.1) is 0 Å². The summed E-state index contributed by atoms with van der Waals surface area (Å²) in [6, 6.07) is -1.38. The molecular formula is C11H15F3N2O3. The van der Waals surface area contributed by atoms with E-state index in [4.69, 9.17) is 0 Å². The molecule has 0 aromatic rings. The normalized spacial score (nSPS) is 20.3. The number of amides is 3. The Balaban J connectivity index is 2.53. The Morgan fingerprint density at radius 1 is 1.42 bits per heavy atom. The van der Waals surface area contributed by atoms with Crippen LogP contribution in [0.1, 0.15) is 33.1 Å². The van der Waals surface area contributed by atoms with Gasteiger partial charge in [-0.1, -0.05) is 0 Å². The Hall–Kier alpha value is -1.60. The van der Waals surface area contributed by atoms with E-state index >= 15 is 0 Å². The van der Waals surface area contributed by atoms with Crippen molar-refractivity contribution in [3.63, 3.8) is 0 Å². The average molecular weight is 280 g/mol. The predicted molar refractivity (Wildman–Crippen MR) is 58.8 cm³/mol. The topological polar surface area (TPSA) is 66.5 Å². The molecular weight excluding hydrogens is 265 g/mol. The van der Waals surface area contributed by atoms with Gasteiger partial charge in [0, 0.05) is 12.5 Å². The van der Waals surface area contributed by atoms with Gasteiger partial charge in [0.15, 0.2) is 0 Å². The minimum absolute atomic E-state index is 0.200. The van der Waals surface area contributed by atoms with E-state index in [1.54, 1.807) is 13.8 Å². The van der Waals surface area contributed by atoms with E-state index in [2.05, 4.69) is 5.32 Å². The molecule has 5 nitrogen and oxygen atoms in total. The van der Waals surface area contributed by atoms with Gasteiger partial charge in [0.2, 0.25) is 11.8 Å². The number of alkyl halides is 3. The molecule has 1 atom stereocenters. The van der Waals surface area contributed by atoms with Crippen molar-refractivity contribution in [3.05, 3.63) is 0 Å². The average Bonchev–Trinajstić information content (AvgIpc) is 2.50. The maximum atomic E-state index is 11.9. The molecule has 0 aromatic heterocycles. The van der Waals surface area contributed by atoms with Crippen molar-refractivity contribution >= 4 is 17.7 Å². The van der Waals surface area contributed by atoms with Crippen LogP contribution in [0.5, 0.6) is 0 Å². The van der Waals surface area contributed by atoms with Gasteiger partial charge in [0.1, 0.15) is 6.04 Å². The van der Waals surface area contributed by atoms with E-state index in [9.17, 15) is 27.6 Å². The van der Waals surface area contributed by atoms with Crippen molar-refractivity contribution in [2.45, 2.75) is 51.4 Å². The highest BCUT2D eigenvalue weighted by Gasteiger charge is 2.40. The lowest BCUT2D eigenvalue weighted by atomic mass is 10.2. The van der Waals surface area contributed by atoms with Crippen LogP contribution in [0.2, 0.25) is 0 Å². The van der Waals surface area contributed by atoms with Gasteiger partial charge in [-0.15, -0.1) is 0 Å². The molecule has 1 N–H and O–H groups in total. The third-order valence-corrected chi connectivity index (χ3v) is 2.67. The molecule has 108 valence electrons. The number of carbonyl (C=O) groups excluding carboxylic acids is 3. The van der Waals surface area contributed by atoms with E-state index in [0.29, 0.717) is 0 Å². The summed E-state index contributed by atoms with van der Waals surface area (Å²) in [6.45, 7) is 3.29. The summed E-state index contributed by atoms with van der Waals surface area (Å²) in [6.07, 6.45) is -6.61. The lowest BCUT2D eigenvalue weighted by Gasteiger charge is -2.19. The molecule has 0 aliphatic carbocycles. The fourth-order valence-electron chi connectivity index (χ4n) is 1.83. The molecule has 1 fully saturated rings. The molecule has 1 heterocycles. The van der Waals surface area contributed by atoms with E-state index in [1.165, 1.54) is 0 Å². The standard InChI is InChI=1S/C11H15F3N2O3/c1-6(2)16-9(18)5-7(10(16)19)15-8(17)3-4-11(12,13)14/h6-7H,3-5H2,1-2H3,(H,15,17)/t7-/m0/s1. The number of nitrogens with one attached hydrogen (secondary N) is 1. The first-order chi connectivity index (χ1) is 8.61. The Bertz CT molecular complexity index is 393. The summed E-state index contributed by atoms with van der Waals surface area (Å²) in [5, 5.41) is 2.17. The summed E-state index contributed by atoms with van der Waals surface area (Å²) >= 11 is 0. The molecule has 19 heavy (non-hydrogen) atoms. The summed E-state index contributed by atoms with van der Waals surface area (Å²) in [4.78, 5) is 35.6. The number of nitrogens with zero attached hydrogens (tertiary/aromatic N) is 1.